The molecule has 0 fully saturated rings. The molecule has 112 valence electrons. The number of rotatable bonds is 3. The van der Waals surface area contributed by atoms with Gasteiger partial charge in [0.25, 0.3) is 11.7 Å². The largest absolute Gasteiger partial charge is 0.453 e. The van der Waals surface area contributed by atoms with Crippen molar-refractivity contribution in [2.45, 2.75) is 26.1 Å². The second kappa shape index (κ2) is 5.55. The van der Waals surface area contributed by atoms with Crippen molar-refractivity contribution in [2.75, 3.05) is 0 Å². The molecule has 1 aromatic carbocycles. The lowest BCUT2D eigenvalue weighted by molar-refractivity contribution is -0.144. The van der Waals surface area contributed by atoms with Gasteiger partial charge in [0.05, 0.1) is 6.04 Å². The summed E-state index contributed by atoms with van der Waals surface area (Å²) in [6, 6.07) is 6.10. The Hall–Kier alpha value is -2.38. The fourth-order valence-corrected chi connectivity index (χ4v) is 1.65. The van der Waals surface area contributed by atoms with Crippen molar-refractivity contribution < 1.29 is 18.0 Å². The van der Waals surface area contributed by atoms with Crippen molar-refractivity contribution in [1.29, 1.82) is 0 Å². The van der Waals surface area contributed by atoms with Crippen LogP contribution in [0.1, 0.15) is 40.5 Å². The van der Waals surface area contributed by atoms with Crippen LogP contribution in [0, 0.1) is 6.92 Å². The molecule has 0 saturated heterocycles. The topological polar surface area (TPSA) is 70.7 Å². The van der Waals surface area contributed by atoms with Crippen molar-refractivity contribution in [3.8, 4) is 0 Å². The van der Waals surface area contributed by atoms with E-state index in [1.54, 1.807) is 24.3 Å². The van der Waals surface area contributed by atoms with Crippen LogP contribution in [0.4, 0.5) is 13.2 Å². The molecule has 0 radical (unpaired) electrons. The number of nitrogens with one attached hydrogen (secondary N) is 2. The molecule has 2 rings (SSSR count). The quantitative estimate of drug-likeness (QED) is 0.915. The van der Waals surface area contributed by atoms with Gasteiger partial charge in [0, 0.05) is 5.56 Å². The Morgan fingerprint density at radius 1 is 1.29 bits per heavy atom. The maximum Gasteiger partial charge on any atom is 0.453 e. The Kier molecular flexibility index (Phi) is 3.97. The van der Waals surface area contributed by atoms with E-state index in [4.69, 9.17) is 0 Å². The third-order valence-electron chi connectivity index (χ3n) is 2.83. The first-order valence-corrected chi connectivity index (χ1v) is 6.14. The number of hydrogen-bond acceptors (Lipinski definition) is 3. The summed E-state index contributed by atoms with van der Waals surface area (Å²) in [5.74, 6) is -1.70. The molecule has 2 aromatic rings. The van der Waals surface area contributed by atoms with Crippen molar-refractivity contribution in [3.05, 3.63) is 47.0 Å². The Morgan fingerprint density at radius 3 is 2.43 bits per heavy atom. The van der Waals surface area contributed by atoms with Gasteiger partial charge in [-0.25, -0.2) is 4.98 Å². The molecule has 0 aliphatic heterocycles. The van der Waals surface area contributed by atoms with Crippen LogP contribution in [0.2, 0.25) is 0 Å². The predicted octanol–water partition coefficient (Wildman–Crippen LogP) is 2.62. The fraction of sp³-hybridized carbons (Fsp3) is 0.308. The summed E-state index contributed by atoms with van der Waals surface area (Å²) in [4.78, 5) is 15.3. The van der Waals surface area contributed by atoms with E-state index in [9.17, 15) is 18.0 Å². The first-order chi connectivity index (χ1) is 9.77. The number of carbonyl (C=O) groups excluding carboxylic acids is 1. The Bertz CT molecular complexity index is 634. The van der Waals surface area contributed by atoms with Crippen molar-refractivity contribution in [3.63, 3.8) is 0 Å². The van der Waals surface area contributed by atoms with Crippen LogP contribution in [0.5, 0.6) is 0 Å². The number of aryl methyl sites for hydroxylation is 1. The minimum atomic E-state index is -4.62. The van der Waals surface area contributed by atoms with Gasteiger partial charge in [-0.2, -0.15) is 13.2 Å². The van der Waals surface area contributed by atoms with Gasteiger partial charge in [0.1, 0.15) is 5.82 Å². The second-order valence-corrected chi connectivity index (χ2v) is 4.60. The van der Waals surface area contributed by atoms with Gasteiger partial charge < -0.3 is 5.32 Å². The molecule has 0 spiro atoms. The first kappa shape index (κ1) is 15.0. The molecule has 0 saturated carbocycles. The zero-order valence-electron chi connectivity index (χ0n) is 11.3. The summed E-state index contributed by atoms with van der Waals surface area (Å²) in [5.41, 5.74) is 1.42. The number of carbonyl (C=O) groups is 1. The number of amides is 1. The van der Waals surface area contributed by atoms with Gasteiger partial charge in [0.15, 0.2) is 0 Å². The number of aromatic amines is 1. The van der Waals surface area contributed by atoms with Crippen molar-refractivity contribution in [2.24, 2.45) is 0 Å². The summed E-state index contributed by atoms with van der Waals surface area (Å²) in [6.07, 6.45) is -4.62. The van der Waals surface area contributed by atoms with Crippen molar-refractivity contribution >= 4 is 5.91 Å². The standard InChI is InChI=1S/C13H13F3N4O/c1-7-3-5-9(6-4-7)11(21)17-8(2)10-18-12(20-19-10)13(14,15)16/h3-6,8H,1-2H3,(H,17,21)(H,18,19,20). The van der Waals surface area contributed by atoms with E-state index in [1.165, 1.54) is 6.92 Å². The van der Waals surface area contributed by atoms with E-state index in [0.29, 0.717) is 5.56 Å². The zero-order chi connectivity index (χ0) is 15.6. The third kappa shape index (κ3) is 3.59. The molecule has 1 heterocycles. The van der Waals surface area contributed by atoms with Crippen LogP contribution in [0.3, 0.4) is 0 Å². The molecule has 5 nitrogen and oxygen atoms in total. The average Bonchev–Trinajstić information content (AvgIpc) is 2.88. The van der Waals surface area contributed by atoms with E-state index >= 15 is 0 Å². The third-order valence-corrected chi connectivity index (χ3v) is 2.83. The summed E-state index contributed by atoms with van der Waals surface area (Å²) >= 11 is 0. The number of hydrogen-bond donors (Lipinski definition) is 2. The molecule has 0 aliphatic carbocycles. The highest BCUT2D eigenvalue weighted by Gasteiger charge is 2.36. The molecule has 1 aromatic heterocycles. The van der Waals surface area contributed by atoms with Crippen LogP contribution >= 0.6 is 0 Å². The Balaban J connectivity index is 2.07. The maximum atomic E-state index is 12.4. The summed E-state index contributed by atoms with van der Waals surface area (Å²) in [6.45, 7) is 3.41. The normalized spacial score (nSPS) is 13.0. The lowest BCUT2D eigenvalue weighted by Gasteiger charge is -2.11. The number of benzene rings is 1. The molecule has 1 amide bonds. The van der Waals surface area contributed by atoms with Crippen LogP contribution in [-0.4, -0.2) is 21.1 Å². The highest BCUT2D eigenvalue weighted by atomic mass is 19.4. The predicted molar refractivity (Wildman–Crippen MR) is 68.4 cm³/mol. The molecule has 0 aliphatic rings. The van der Waals surface area contributed by atoms with Crippen LogP contribution < -0.4 is 5.32 Å². The molecular weight excluding hydrogens is 285 g/mol. The maximum absolute atomic E-state index is 12.4. The number of H-pyrrole nitrogens is 1. The van der Waals surface area contributed by atoms with E-state index in [-0.39, 0.29) is 5.82 Å². The monoisotopic (exact) mass is 298 g/mol. The summed E-state index contributed by atoms with van der Waals surface area (Å²) in [5, 5.41) is 7.83. The molecule has 2 N–H and O–H groups in total. The highest BCUT2D eigenvalue weighted by molar-refractivity contribution is 5.94. The van der Waals surface area contributed by atoms with E-state index in [1.807, 2.05) is 6.92 Å². The van der Waals surface area contributed by atoms with Gasteiger partial charge in [-0.15, -0.1) is 5.10 Å². The second-order valence-electron chi connectivity index (χ2n) is 4.60. The number of halogens is 3. The fourth-order valence-electron chi connectivity index (χ4n) is 1.65. The van der Waals surface area contributed by atoms with E-state index < -0.39 is 23.9 Å². The summed E-state index contributed by atoms with van der Waals surface area (Å²) < 4.78 is 37.2. The zero-order valence-corrected chi connectivity index (χ0v) is 11.3. The number of nitrogens with zero attached hydrogens (tertiary/aromatic N) is 2. The van der Waals surface area contributed by atoms with Gasteiger partial charge >= 0.3 is 6.18 Å². The Morgan fingerprint density at radius 2 is 1.90 bits per heavy atom. The lowest BCUT2D eigenvalue weighted by atomic mass is 10.1. The minimum absolute atomic E-state index is 0.0530. The molecule has 1 atom stereocenters. The minimum Gasteiger partial charge on any atom is -0.342 e. The molecule has 1 unspecified atom stereocenters. The molecular formula is C13H13F3N4O. The average molecular weight is 298 g/mol. The van der Waals surface area contributed by atoms with E-state index in [0.717, 1.165) is 5.56 Å². The van der Waals surface area contributed by atoms with Gasteiger partial charge in [-0.3, -0.25) is 9.89 Å². The molecule has 8 heteroatoms. The SMILES string of the molecule is Cc1ccc(C(=O)NC(C)c2nc(C(F)(F)F)n[nH]2)cc1. The number of alkyl halides is 3. The van der Waals surface area contributed by atoms with Crippen molar-refractivity contribution in [1.82, 2.24) is 20.5 Å². The molecule has 21 heavy (non-hydrogen) atoms. The van der Waals surface area contributed by atoms with Gasteiger partial charge in [-0.1, -0.05) is 17.7 Å². The first-order valence-electron chi connectivity index (χ1n) is 6.14. The lowest BCUT2D eigenvalue weighted by Crippen LogP contribution is -2.27. The van der Waals surface area contributed by atoms with Gasteiger partial charge in [-0.05, 0) is 26.0 Å². The Labute approximate surface area is 118 Å². The summed E-state index contributed by atoms with van der Waals surface area (Å²) in [7, 11) is 0. The number of aromatic nitrogens is 3. The molecule has 0 bridgehead atoms. The van der Waals surface area contributed by atoms with Crippen LogP contribution in [-0.2, 0) is 6.18 Å². The van der Waals surface area contributed by atoms with Crippen LogP contribution in [0.25, 0.3) is 0 Å². The highest BCUT2D eigenvalue weighted by Crippen LogP contribution is 2.26. The van der Waals surface area contributed by atoms with Crippen LogP contribution in [0.15, 0.2) is 24.3 Å². The van der Waals surface area contributed by atoms with E-state index in [2.05, 4.69) is 20.5 Å². The smallest absolute Gasteiger partial charge is 0.342 e. The van der Waals surface area contributed by atoms with Gasteiger partial charge in [0.2, 0.25) is 0 Å².